The van der Waals surface area contributed by atoms with E-state index in [0.717, 1.165) is 44.4 Å². The van der Waals surface area contributed by atoms with Gasteiger partial charge < -0.3 is 20.0 Å². The largest absolute Gasteiger partial charge is 0.468 e. The third-order valence-corrected chi connectivity index (χ3v) is 5.17. The van der Waals surface area contributed by atoms with Crippen molar-refractivity contribution in [1.82, 2.24) is 20.4 Å². The van der Waals surface area contributed by atoms with E-state index >= 15 is 0 Å². The van der Waals surface area contributed by atoms with Crippen LogP contribution in [0.5, 0.6) is 0 Å². The summed E-state index contributed by atoms with van der Waals surface area (Å²) in [7, 11) is 4.18. The van der Waals surface area contributed by atoms with Crippen LogP contribution in [-0.2, 0) is 13.1 Å². The van der Waals surface area contributed by atoms with Gasteiger partial charge in [0.1, 0.15) is 5.76 Å². The number of halogens is 1. The molecule has 1 fully saturated rings. The maximum absolute atomic E-state index is 5.73. The number of benzene rings is 1. The standard InChI is InChI=1S/C23H35N5O.HI/c1-4-24-23(25-16-19-9-7-10-20(15-19)18-27(2)3)26-17-21(22-11-8-14-29-22)28-12-5-6-13-28;/h7-11,14-15,21H,4-6,12-13,16-18H2,1-3H3,(H2,24,25,26);1H. The van der Waals surface area contributed by atoms with E-state index in [1.165, 1.54) is 24.0 Å². The molecule has 0 aliphatic carbocycles. The number of nitrogens with zero attached hydrogens (tertiary/aromatic N) is 3. The molecule has 0 radical (unpaired) electrons. The van der Waals surface area contributed by atoms with Crippen LogP contribution < -0.4 is 10.6 Å². The second kappa shape index (κ2) is 13.0. The number of aliphatic imine (C=N–C) groups is 1. The first-order valence-corrected chi connectivity index (χ1v) is 10.7. The lowest BCUT2D eigenvalue weighted by Gasteiger charge is -2.26. The van der Waals surface area contributed by atoms with Crippen molar-refractivity contribution in [2.75, 3.05) is 40.3 Å². The summed E-state index contributed by atoms with van der Waals surface area (Å²) < 4.78 is 5.73. The number of guanidine groups is 1. The lowest BCUT2D eigenvalue weighted by atomic mass is 10.1. The number of nitrogens with one attached hydrogen (secondary N) is 2. The molecule has 1 aliphatic rings. The molecule has 1 unspecified atom stereocenters. The molecule has 2 N–H and O–H groups in total. The summed E-state index contributed by atoms with van der Waals surface area (Å²) in [6.45, 7) is 7.56. The zero-order valence-corrected chi connectivity index (χ0v) is 20.8. The van der Waals surface area contributed by atoms with Gasteiger partial charge in [-0.2, -0.15) is 0 Å². The fraction of sp³-hybridized carbons (Fsp3) is 0.522. The molecule has 1 aliphatic heterocycles. The van der Waals surface area contributed by atoms with E-state index in [0.29, 0.717) is 6.54 Å². The molecule has 3 rings (SSSR count). The quantitative estimate of drug-likeness (QED) is 0.296. The molecule has 2 heterocycles. The average Bonchev–Trinajstić information content (AvgIpc) is 3.41. The van der Waals surface area contributed by atoms with Crippen molar-refractivity contribution in [3.63, 3.8) is 0 Å². The SMILES string of the molecule is CCNC(=NCc1cccc(CN(C)C)c1)NCC(c1ccco1)N1CCCC1.I. The number of furan rings is 1. The number of likely N-dealkylation sites (tertiary alicyclic amines) is 1. The summed E-state index contributed by atoms with van der Waals surface area (Å²) in [6.07, 6.45) is 4.28. The monoisotopic (exact) mass is 525 g/mol. The number of hydrogen-bond acceptors (Lipinski definition) is 4. The van der Waals surface area contributed by atoms with Crippen molar-refractivity contribution in [2.45, 2.75) is 38.9 Å². The first-order valence-electron chi connectivity index (χ1n) is 10.7. The highest BCUT2D eigenvalue weighted by Gasteiger charge is 2.25. The van der Waals surface area contributed by atoms with Gasteiger partial charge in [-0.3, -0.25) is 4.90 Å². The molecule has 166 valence electrons. The van der Waals surface area contributed by atoms with Crippen molar-refractivity contribution in [2.24, 2.45) is 4.99 Å². The van der Waals surface area contributed by atoms with Gasteiger partial charge in [-0.1, -0.05) is 24.3 Å². The Kier molecular flexibility index (Phi) is 10.7. The maximum atomic E-state index is 5.73. The molecule has 0 spiro atoms. The summed E-state index contributed by atoms with van der Waals surface area (Å²) in [5, 5.41) is 6.90. The lowest BCUT2D eigenvalue weighted by molar-refractivity contribution is 0.215. The van der Waals surface area contributed by atoms with Gasteiger partial charge in [0.2, 0.25) is 0 Å². The summed E-state index contributed by atoms with van der Waals surface area (Å²) >= 11 is 0. The Labute approximate surface area is 198 Å². The van der Waals surface area contributed by atoms with E-state index in [1.807, 2.05) is 6.07 Å². The molecule has 0 amide bonds. The zero-order valence-electron chi connectivity index (χ0n) is 18.4. The first-order chi connectivity index (χ1) is 14.2. The van der Waals surface area contributed by atoms with Crippen LogP contribution in [0, 0.1) is 0 Å². The van der Waals surface area contributed by atoms with Gasteiger partial charge in [0.15, 0.2) is 5.96 Å². The minimum absolute atomic E-state index is 0. The Bertz CT molecular complexity index is 757. The van der Waals surface area contributed by atoms with Crippen LogP contribution in [0.2, 0.25) is 0 Å². The molecule has 0 bridgehead atoms. The van der Waals surface area contributed by atoms with Crippen molar-refractivity contribution in [3.8, 4) is 0 Å². The van der Waals surface area contributed by atoms with Crippen LogP contribution >= 0.6 is 24.0 Å². The molecule has 0 saturated carbocycles. The zero-order chi connectivity index (χ0) is 20.5. The van der Waals surface area contributed by atoms with Crippen molar-refractivity contribution < 1.29 is 4.42 Å². The fourth-order valence-corrected chi connectivity index (χ4v) is 3.84. The molecule has 1 aromatic carbocycles. The van der Waals surface area contributed by atoms with Gasteiger partial charge in [-0.05, 0) is 70.2 Å². The third-order valence-electron chi connectivity index (χ3n) is 5.17. The molecule has 7 heteroatoms. The van der Waals surface area contributed by atoms with Gasteiger partial charge in [-0.25, -0.2) is 4.99 Å². The van der Waals surface area contributed by atoms with E-state index in [4.69, 9.17) is 9.41 Å². The van der Waals surface area contributed by atoms with E-state index in [2.05, 4.69) is 71.8 Å². The van der Waals surface area contributed by atoms with Crippen LogP contribution in [0.15, 0.2) is 52.1 Å². The third kappa shape index (κ3) is 7.59. The predicted octanol–water partition coefficient (Wildman–Crippen LogP) is 3.85. The summed E-state index contributed by atoms with van der Waals surface area (Å²) in [4.78, 5) is 9.50. The topological polar surface area (TPSA) is 56.0 Å². The van der Waals surface area contributed by atoms with Gasteiger partial charge in [0, 0.05) is 19.6 Å². The van der Waals surface area contributed by atoms with Crippen LogP contribution in [0.4, 0.5) is 0 Å². The van der Waals surface area contributed by atoms with Crippen molar-refractivity contribution in [3.05, 3.63) is 59.5 Å². The highest BCUT2D eigenvalue weighted by atomic mass is 127. The van der Waals surface area contributed by atoms with Crippen LogP contribution in [0.25, 0.3) is 0 Å². The van der Waals surface area contributed by atoms with Crippen molar-refractivity contribution in [1.29, 1.82) is 0 Å². The molecule has 1 aromatic heterocycles. The fourth-order valence-electron chi connectivity index (χ4n) is 3.84. The second-order valence-corrected chi connectivity index (χ2v) is 7.91. The minimum atomic E-state index is 0. The number of hydrogen-bond donors (Lipinski definition) is 2. The molecular formula is C23H36IN5O. The molecule has 1 atom stereocenters. The Balaban J connectivity index is 0.00000320. The van der Waals surface area contributed by atoms with Gasteiger partial charge >= 0.3 is 0 Å². The molecule has 6 nitrogen and oxygen atoms in total. The normalized spacial score (nSPS) is 15.8. The minimum Gasteiger partial charge on any atom is -0.468 e. The Hall–Kier alpha value is -1.58. The van der Waals surface area contributed by atoms with Gasteiger partial charge in [0.25, 0.3) is 0 Å². The molecular weight excluding hydrogens is 489 g/mol. The smallest absolute Gasteiger partial charge is 0.191 e. The van der Waals surface area contributed by atoms with E-state index in [-0.39, 0.29) is 30.0 Å². The van der Waals surface area contributed by atoms with Gasteiger partial charge in [-0.15, -0.1) is 24.0 Å². The second-order valence-electron chi connectivity index (χ2n) is 7.91. The average molecular weight is 525 g/mol. The Morgan fingerprint density at radius 3 is 2.57 bits per heavy atom. The summed E-state index contributed by atoms with van der Waals surface area (Å²) in [6, 6.07) is 12.9. The first kappa shape index (κ1) is 24.7. The maximum Gasteiger partial charge on any atom is 0.191 e. The summed E-state index contributed by atoms with van der Waals surface area (Å²) in [5.74, 6) is 1.87. The van der Waals surface area contributed by atoms with Crippen molar-refractivity contribution >= 4 is 29.9 Å². The highest BCUT2D eigenvalue weighted by molar-refractivity contribution is 14.0. The van der Waals surface area contributed by atoms with E-state index < -0.39 is 0 Å². The molecule has 30 heavy (non-hydrogen) atoms. The molecule has 2 aromatic rings. The predicted molar refractivity (Wildman–Crippen MR) is 134 cm³/mol. The van der Waals surface area contributed by atoms with E-state index in [1.54, 1.807) is 6.26 Å². The Morgan fingerprint density at radius 2 is 1.90 bits per heavy atom. The van der Waals surface area contributed by atoms with Crippen LogP contribution in [0.1, 0.15) is 42.7 Å². The lowest BCUT2D eigenvalue weighted by Crippen LogP contribution is -2.42. The molecule has 1 saturated heterocycles. The highest BCUT2D eigenvalue weighted by Crippen LogP contribution is 2.24. The summed E-state index contributed by atoms with van der Waals surface area (Å²) in [5.41, 5.74) is 2.54. The van der Waals surface area contributed by atoms with Crippen LogP contribution in [-0.4, -0.2) is 56.0 Å². The Morgan fingerprint density at radius 1 is 1.13 bits per heavy atom. The van der Waals surface area contributed by atoms with Crippen LogP contribution in [0.3, 0.4) is 0 Å². The number of rotatable bonds is 9. The van der Waals surface area contributed by atoms with E-state index in [9.17, 15) is 0 Å². The van der Waals surface area contributed by atoms with Gasteiger partial charge in [0.05, 0.1) is 18.8 Å².